The van der Waals surface area contributed by atoms with Gasteiger partial charge in [0.25, 0.3) is 0 Å². The van der Waals surface area contributed by atoms with Gasteiger partial charge in [0.05, 0.1) is 36.4 Å². The molecule has 2 saturated heterocycles. The van der Waals surface area contributed by atoms with E-state index in [1.807, 2.05) is 19.1 Å². The van der Waals surface area contributed by atoms with Crippen LogP contribution in [0.1, 0.15) is 43.9 Å². The van der Waals surface area contributed by atoms with Crippen LogP contribution in [0.15, 0.2) is 48.6 Å². The summed E-state index contributed by atoms with van der Waals surface area (Å²) >= 11 is 6.74. The van der Waals surface area contributed by atoms with E-state index in [2.05, 4.69) is 63.6 Å². The van der Waals surface area contributed by atoms with E-state index >= 15 is 0 Å². The highest BCUT2D eigenvalue weighted by Crippen LogP contribution is 2.37. The number of Topliss-reactive ketones (excluding diaryl/α,β-unsaturated/α-hetero) is 1. The zero-order chi connectivity index (χ0) is 33.6. The van der Waals surface area contributed by atoms with Crippen LogP contribution in [0.3, 0.4) is 0 Å². The van der Waals surface area contributed by atoms with Gasteiger partial charge in [-0.15, -0.1) is 0 Å². The van der Waals surface area contributed by atoms with Crippen molar-refractivity contribution in [1.29, 1.82) is 5.26 Å². The number of piperazine rings is 1. The molecular formula is C37H46ClN7O3. The lowest BCUT2D eigenvalue weighted by atomic mass is 10.0. The summed E-state index contributed by atoms with van der Waals surface area (Å²) in [5, 5.41) is 12.7. The Labute approximate surface area is 288 Å². The highest BCUT2D eigenvalue weighted by Gasteiger charge is 2.33. The van der Waals surface area contributed by atoms with E-state index in [0.29, 0.717) is 63.3 Å². The monoisotopic (exact) mass is 671 g/mol. The van der Waals surface area contributed by atoms with E-state index in [-0.39, 0.29) is 18.4 Å². The maximum Gasteiger partial charge on any atom is 0.318 e. The Balaban J connectivity index is 1.25. The molecule has 0 saturated carbocycles. The molecule has 2 fully saturated rings. The summed E-state index contributed by atoms with van der Waals surface area (Å²) in [7, 11) is 2.14. The van der Waals surface area contributed by atoms with E-state index in [4.69, 9.17) is 31.0 Å². The third kappa shape index (κ3) is 7.60. The van der Waals surface area contributed by atoms with Crippen molar-refractivity contribution in [2.45, 2.75) is 57.7 Å². The van der Waals surface area contributed by atoms with Crippen LogP contribution in [-0.2, 0) is 22.5 Å². The number of hydrogen-bond donors (Lipinski definition) is 0. The molecular weight excluding hydrogens is 626 g/mol. The Bertz CT molecular complexity index is 1670. The molecule has 0 aliphatic carbocycles. The third-order valence-corrected chi connectivity index (χ3v) is 10.3. The van der Waals surface area contributed by atoms with Crippen molar-refractivity contribution < 1.29 is 14.3 Å². The highest BCUT2D eigenvalue weighted by atomic mass is 35.5. The van der Waals surface area contributed by atoms with Gasteiger partial charge in [0.1, 0.15) is 12.4 Å². The molecule has 3 aliphatic rings. The van der Waals surface area contributed by atoms with Crippen molar-refractivity contribution in [3.63, 3.8) is 0 Å². The Morgan fingerprint density at radius 2 is 1.94 bits per heavy atom. The Kier molecular flexibility index (Phi) is 11.1. The van der Waals surface area contributed by atoms with Crippen LogP contribution in [0, 0.1) is 11.3 Å². The molecule has 3 aliphatic heterocycles. The fourth-order valence-electron chi connectivity index (χ4n) is 7.23. The van der Waals surface area contributed by atoms with Gasteiger partial charge in [-0.25, -0.2) is 0 Å². The van der Waals surface area contributed by atoms with Crippen molar-refractivity contribution in [3.8, 4) is 12.1 Å². The predicted molar refractivity (Wildman–Crippen MR) is 190 cm³/mol. The lowest BCUT2D eigenvalue weighted by Crippen LogP contribution is -2.54. The minimum Gasteiger partial charge on any atom is -0.462 e. The molecule has 4 heterocycles. The van der Waals surface area contributed by atoms with Gasteiger partial charge in [0.15, 0.2) is 5.78 Å². The lowest BCUT2D eigenvalue weighted by Gasteiger charge is -2.42. The molecule has 3 aromatic rings. The van der Waals surface area contributed by atoms with Gasteiger partial charge in [0, 0.05) is 80.0 Å². The fraction of sp³-hybridized carbons (Fsp3) is 0.514. The number of carbonyl (C=O) groups is 1. The van der Waals surface area contributed by atoms with E-state index in [1.54, 1.807) is 0 Å². The standard InChI is InChI=1S/C37H46ClN7O3/c1-4-47-24-26(2)34(46)15-19-43-20-21-45(22-28(43)13-16-39)36-30-14-18-44(33-12-6-9-27-8-5-11-31(38)35(27)33)23-32(30)40-37(41-36)48-25-29-10-7-17-42(29)3/h5-6,8-9,11-12,28-29H,2,4,7,10,13-15,17-25H2,1,3H3. The summed E-state index contributed by atoms with van der Waals surface area (Å²) in [4.78, 5) is 32.0. The Hall–Kier alpha value is -3.75. The first-order valence-electron chi connectivity index (χ1n) is 17.2. The zero-order valence-corrected chi connectivity index (χ0v) is 28.9. The molecule has 2 atom stereocenters. The van der Waals surface area contributed by atoms with Crippen LogP contribution in [0.25, 0.3) is 10.8 Å². The van der Waals surface area contributed by atoms with Gasteiger partial charge >= 0.3 is 6.01 Å². The number of nitrogens with zero attached hydrogens (tertiary/aromatic N) is 7. The van der Waals surface area contributed by atoms with Crippen molar-refractivity contribution in [1.82, 2.24) is 19.8 Å². The number of nitriles is 1. The van der Waals surface area contributed by atoms with Gasteiger partial charge in [-0.3, -0.25) is 9.69 Å². The molecule has 2 aromatic carbocycles. The van der Waals surface area contributed by atoms with Crippen LogP contribution in [0.5, 0.6) is 6.01 Å². The van der Waals surface area contributed by atoms with Gasteiger partial charge in [-0.2, -0.15) is 15.2 Å². The van der Waals surface area contributed by atoms with Crippen LogP contribution < -0.4 is 14.5 Å². The summed E-state index contributed by atoms with van der Waals surface area (Å²) in [6, 6.07) is 15.4. The molecule has 0 spiro atoms. The van der Waals surface area contributed by atoms with Crippen LogP contribution in [0.2, 0.25) is 5.02 Å². The minimum atomic E-state index is -0.0308. The number of hydrogen-bond acceptors (Lipinski definition) is 10. The molecule has 0 N–H and O–H groups in total. The Morgan fingerprint density at radius 3 is 2.71 bits per heavy atom. The fourth-order valence-corrected chi connectivity index (χ4v) is 7.51. The number of ketones is 1. The van der Waals surface area contributed by atoms with Crippen LogP contribution in [-0.4, -0.2) is 104 Å². The molecule has 48 heavy (non-hydrogen) atoms. The predicted octanol–water partition coefficient (Wildman–Crippen LogP) is 5.28. The molecule has 254 valence electrons. The average molecular weight is 672 g/mol. The van der Waals surface area contributed by atoms with Crippen LogP contribution >= 0.6 is 11.6 Å². The minimum absolute atomic E-state index is 0.0122. The number of rotatable bonds is 13. The maximum atomic E-state index is 12.7. The molecule has 6 rings (SSSR count). The van der Waals surface area contributed by atoms with Crippen molar-refractivity contribution >= 4 is 39.7 Å². The van der Waals surface area contributed by atoms with E-state index in [9.17, 15) is 10.1 Å². The first-order chi connectivity index (χ1) is 23.4. The summed E-state index contributed by atoms with van der Waals surface area (Å²) in [6.07, 6.45) is 3.77. The summed E-state index contributed by atoms with van der Waals surface area (Å²) in [6.45, 7) is 12.3. The quantitative estimate of drug-likeness (QED) is 0.224. The number of likely N-dealkylation sites (N-methyl/N-ethyl adjacent to an activating group) is 1. The number of benzene rings is 2. The molecule has 1 aromatic heterocycles. The number of anilines is 2. The normalized spacial score (nSPS) is 20.1. The summed E-state index contributed by atoms with van der Waals surface area (Å²) < 4.78 is 11.7. The van der Waals surface area contributed by atoms with E-state index in [0.717, 1.165) is 77.6 Å². The number of ether oxygens (including phenoxy) is 2. The number of likely N-dealkylation sites (tertiary alicyclic amines) is 1. The number of halogens is 1. The maximum absolute atomic E-state index is 12.7. The number of aromatic nitrogens is 2. The second kappa shape index (κ2) is 15.6. The smallest absolute Gasteiger partial charge is 0.318 e. The zero-order valence-electron chi connectivity index (χ0n) is 28.2. The molecule has 2 unspecified atom stereocenters. The first-order valence-corrected chi connectivity index (χ1v) is 17.5. The average Bonchev–Trinajstić information content (AvgIpc) is 3.52. The van der Waals surface area contributed by atoms with Gasteiger partial charge in [0.2, 0.25) is 0 Å². The Morgan fingerprint density at radius 1 is 1.10 bits per heavy atom. The molecule has 0 amide bonds. The number of carbonyl (C=O) groups excluding carboxylic acids is 1. The second-order valence-electron chi connectivity index (χ2n) is 13.0. The molecule has 0 bridgehead atoms. The van der Waals surface area contributed by atoms with Crippen molar-refractivity contribution in [3.05, 3.63) is 64.8 Å². The molecule has 0 radical (unpaired) electrons. The second-order valence-corrected chi connectivity index (χ2v) is 13.4. The van der Waals surface area contributed by atoms with E-state index in [1.165, 1.54) is 6.42 Å². The molecule has 10 nitrogen and oxygen atoms in total. The first kappa shape index (κ1) is 34.1. The van der Waals surface area contributed by atoms with Crippen molar-refractivity contribution in [2.75, 3.05) is 75.9 Å². The van der Waals surface area contributed by atoms with Gasteiger partial charge in [-0.05, 0) is 57.3 Å². The topological polar surface area (TPSA) is 98.1 Å². The summed E-state index contributed by atoms with van der Waals surface area (Å²) in [5.74, 6) is 0.910. The van der Waals surface area contributed by atoms with Crippen molar-refractivity contribution in [2.24, 2.45) is 0 Å². The van der Waals surface area contributed by atoms with Crippen LogP contribution in [0.4, 0.5) is 11.5 Å². The third-order valence-electron chi connectivity index (χ3n) is 10.0. The van der Waals surface area contributed by atoms with E-state index < -0.39 is 0 Å². The van der Waals surface area contributed by atoms with Gasteiger partial charge in [-0.1, -0.05) is 42.4 Å². The summed E-state index contributed by atoms with van der Waals surface area (Å²) in [5.41, 5.74) is 3.69. The highest BCUT2D eigenvalue weighted by molar-refractivity contribution is 6.36. The number of fused-ring (bicyclic) bond motifs is 2. The SMILES string of the molecule is C=C(COCC)C(=O)CCN1CCN(c2nc(OCC3CCCN3C)nc3c2CCN(c2cccc4cccc(Cl)c24)C3)CC1CC#N. The molecule has 11 heteroatoms. The van der Waals surface area contributed by atoms with Gasteiger partial charge < -0.3 is 24.2 Å². The largest absolute Gasteiger partial charge is 0.462 e. The lowest BCUT2D eigenvalue weighted by molar-refractivity contribution is -0.116.